The number of nitrogens with zero attached hydrogens (tertiary/aromatic N) is 4. The van der Waals surface area contributed by atoms with E-state index in [-0.39, 0.29) is 35.2 Å². The molecule has 12 heteroatoms. The van der Waals surface area contributed by atoms with Gasteiger partial charge in [0.1, 0.15) is 11.4 Å². The van der Waals surface area contributed by atoms with Gasteiger partial charge in [-0.3, -0.25) is 34.2 Å². The van der Waals surface area contributed by atoms with E-state index in [1.807, 2.05) is 49.4 Å². The van der Waals surface area contributed by atoms with Gasteiger partial charge in [-0.15, -0.1) is 0 Å². The molecule has 2 aromatic heterocycles. The summed E-state index contributed by atoms with van der Waals surface area (Å²) in [5.41, 5.74) is 5.78. The van der Waals surface area contributed by atoms with Gasteiger partial charge in [0.25, 0.3) is 11.8 Å². The van der Waals surface area contributed by atoms with Crippen molar-refractivity contribution in [3.8, 4) is 11.1 Å². The number of carbonyl (C=O) groups excluding carboxylic acids is 2. The van der Waals surface area contributed by atoms with Gasteiger partial charge >= 0.3 is 5.97 Å². The van der Waals surface area contributed by atoms with E-state index in [0.717, 1.165) is 35.2 Å². The maximum absolute atomic E-state index is 13.2. The van der Waals surface area contributed by atoms with E-state index in [2.05, 4.69) is 30.4 Å². The number of β-amino-alcohol motifs (C(OH)–C–C–N with tert-alkyl or cyclic N) is 1. The topological polar surface area (TPSA) is 148 Å². The van der Waals surface area contributed by atoms with Crippen molar-refractivity contribution in [3.63, 3.8) is 0 Å². The number of anilines is 2. The van der Waals surface area contributed by atoms with Gasteiger partial charge in [0.05, 0.1) is 22.7 Å². The van der Waals surface area contributed by atoms with Gasteiger partial charge in [0.15, 0.2) is 0 Å². The number of carboxylic acid groups (broad SMARTS) is 1. The normalized spacial score (nSPS) is 17.2. The number of benzene rings is 2. The Morgan fingerprint density at radius 2 is 1.33 bits per heavy atom. The van der Waals surface area contributed by atoms with Crippen molar-refractivity contribution in [1.82, 2.24) is 19.8 Å². The lowest BCUT2D eigenvalue weighted by Crippen LogP contribution is -2.35. The number of likely N-dealkylation sites (tertiary alicyclic amines) is 2. The number of rotatable bonds is 10. The molecule has 2 saturated heterocycles. The Bertz CT molecular complexity index is 1830. The van der Waals surface area contributed by atoms with Gasteiger partial charge in [0, 0.05) is 49.8 Å². The minimum absolute atomic E-state index is 0.259. The number of aliphatic hydroxyl groups is 1. The number of aromatic nitrogens is 2. The molecule has 0 spiro atoms. The number of aliphatic carboxylic acids is 1. The van der Waals surface area contributed by atoms with Crippen LogP contribution in [0.2, 0.25) is 5.02 Å². The summed E-state index contributed by atoms with van der Waals surface area (Å²) < 4.78 is 0. The summed E-state index contributed by atoms with van der Waals surface area (Å²) in [6.07, 6.45) is 5.10. The second kappa shape index (κ2) is 15.3. The number of carbonyl (C=O) groups is 3. The second-order valence-electron chi connectivity index (χ2n) is 12.7. The van der Waals surface area contributed by atoms with Crippen LogP contribution >= 0.6 is 11.6 Å². The standard InChI is InChI=1S/C37H39ClN6O5/c1-23-28(4-2-6-30(23)41-35(46)32-10-8-24(18-39-32)20-43-15-12-26(13-16-43)37(48)49)29-5-3-7-31(34(29)38)42-36(47)33-11-9-25(19-40-33)21-44-17-14-27(45)22-44/h2-11,18-19,26-27,45H,12-17,20-22H2,1H3,(H,41,46)(H,42,47)(H,48,49)/t27-/m1/s1. The van der Waals surface area contributed by atoms with Gasteiger partial charge < -0.3 is 20.8 Å². The van der Waals surface area contributed by atoms with Crippen molar-refractivity contribution in [1.29, 1.82) is 0 Å². The van der Waals surface area contributed by atoms with Crippen LogP contribution in [-0.2, 0) is 17.9 Å². The molecule has 6 rings (SSSR count). The van der Waals surface area contributed by atoms with Crippen LogP contribution in [0.5, 0.6) is 0 Å². The van der Waals surface area contributed by atoms with Crippen molar-refractivity contribution in [2.45, 2.75) is 45.4 Å². The first-order valence-electron chi connectivity index (χ1n) is 16.4. The first kappa shape index (κ1) is 34.2. The Labute approximate surface area is 290 Å². The van der Waals surface area contributed by atoms with Crippen LogP contribution in [0.4, 0.5) is 11.4 Å². The van der Waals surface area contributed by atoms with E-state index >= 15 is 0 Å². The van der Waals surface area contributed by atoms with Crippen molar-refractivity contribution < 1.29 is 24.6 Å². The first-order chi connectivity index (χ1) is 23.6. The molecule has 2 fully saturated rings. The Hall–Kier alpha value is -4.68. The van der Waals surface area contributed by atoms with Gasteiger partial charge in [-0.1, -0.05) is 48.0 Å². The minimum atomic E-state index is -0.731. The lowest BCUT2D eigenvalue weighted by molar-refractivity contribution is -0.143. The molecule has 2 aromatic carbocycles. The smallest absolute Gasteiger partial charge is 0.306 e. The van der Waals surface area contributed by atoms with Crippen LogP contribution < -0.4 is 10.6 Å². The predicted molar refractivity (Wildman–Crippen MR) is 188 cm³/mol. The van der Waals surface area contributed by atoms with Crippen LogP contribution in [0.15, 0.2) is 73.1 Å². The summed E-state index contributed by atoms with van der Waals surface area (Å²) in [4.78, 5) is 50.6. The van der Waals surface area contributed by atoms with E-state index in [4.69, 9.17) is 11.6 Å². The quantitative estimate of drug-likeness (QED) is 0.171. The third-order valence-corrected chi connectivity index (χ3v) is 9.64. The fourth-order valence-corrected chi connectivity index (χ4v) is 6.66. The Morgan fingerprint density at radius 1 is 0.776 bits per heavy atom. The molecular formula is C37H39ClN6O5. The molecule has 0 aliphatic carbocycles. The number of hydrogen-bond acceptors (Lipinski definition) is 8. The van der Waals surface area contributed by atoms with E-state index in [1.165, 1.54) is 0 Å². The third kappa shape index (κ3) is 8.31. The zero-order valence-corrected chi connectivity index (χ0v) is 28.0. The monoisotopic (exact) mass is 682 g/mol. The van der Waals surface area contributed by atoms with E-state index < -0.39 is 5.97 Å². The molecule has 0 unspecified atom stereocenters. The molecule has 49 heavy (non-hydrogen) atoms. The number of piperidine rings is 1. The van der Waals surface area contributed by atoms with E-state index in [0.29, 0.717) is 67.5 Å². The summed E-state index contributed by atoms with van der Waals surface area (Å²) in [6, 6.07) is 18.1. The average Bonchev–Trinajstić information content (AvgIpc) is 3.51. The Morgan fingerprint density at radius 3 is 1.88 bits per heavy atom. The van der Waals surface area contributed by atoms with Crippen LogP contribution in [0, 0.1) is 12.8 Å². The number of nitrogens with one attached hydrogen (secondary N) is 2. The molecule has 1 atom stereocenters. The Balaban J connectivity index is 1.09. The number of pyridine rings is 2. The number of aliphatic hydroxyl groups excluding tert-OH is 1. The average molecular weight is 683 g/mol. The number of amides is 2. The maximum atomic E-state index is 13.2. The van der Waals surface area contributed by atoms with Gasteiger partial charge in [-0.2, -0.15) is 0 Å². The molecule has 0 bridgehead atoms. The molecule has 4 aromatic rings. The number of carboxylic acids is 1. The summed E-state index contributed by atoms with van der Waals surface area (Å²) in [5.74, 6) is -1.75. The lowest BCUT2D eigenvalue weighted by Gasteiger charge is -2.29. The van der Waals surface area contributed by atoms with Crippen molar-refractivity contribution in [3.05, 3.63) is 106 Å². The minimum Gasteiger partial charge on any atom is -0.481 e. The molecule has 11 nitrogen and oxygen atoms in total. The van der Waals surface area contributed by atoms with Crippen LogP contribution in [0.25, 0.3) is 11.1 Å². The zero-order valence-electron chi connectivity index (χ0n) is 27.2. The molecule has 4 N–H and O–H groups in total. The van der Waals surface area contributed by atoms with E-state index in [1.54, 1.807) is 30.6 Å². The van der Waals surface area contributed by atoms with Gasteiger partial charge in [-0.05, 0) is 85.8 Å². The van der Waals surface area contributed by atoms with Gasteiger partial charge in [0.2, 0.25) is 0 Å². The van der Waals surface area contributed by atoms with Crippen LogP contribution in [0.3, 0.4) is 0 Å². The lowest BCUT2D eigenvalue weighted by atomic mass is 9.97. The SMILES string of the molecule is Cc1c(NC(=O)c2ccc(CN3CCC(C(=O)O)CC3)cn2)cccc1-c1cccc(NC(=O)c2ccc(CN3CC[C@@H](O)C3)cn2)c1Cl. The third-order valence-electron chi connectivity index (χ3n) is 9.23. The maximum Gasteiger partial charge on any atom is 0.306 e. The number of halogens is 1. The highest BCUT2D eigenvalue weighted by molar-refractivity contribution is 6.36. The largest absolute Gasteiger partial charge is 0.481 e. The van der Waals surface area contributed by atoms with Crippen LogP contribution in [-0.4, -0.2) is 80.0 Å². The highest BCUT2D eigenvalue weighted by Crippen LogP contribution is 2.37. The van der Waals surface area contributed by atoms with E-state index in [9.17, 15) is 24.6 Å². The highest BCUT2D eigenvalue weighted by atomic mass is 35.5. The number of hydrogen-bond donors (Lipinski definition) is 4. The molecule has 4 heterocycles. The fourth-order valence-electron chi connectivity index (χ4n) is 6.39. The van der Waals surface area contributed by atoms with Crippen molar-refractivity contribution in [2.75, 3.05) is 36.8 Å². The summed E-state index contributed by atoms with van der Waals surface area (Å²) in [7, 11) is 0. The van der Waals surface area contributed by atoms with Crippen LogP contribution in [0.1, 0.15) is 56.9 Å². The van der Waals surface area contributed by atoms with Crippen molar-refractivity contribution in [2.24, 2.45) is 5.92 Å². The molecule has 0 saturated carbocycles. The second-order valence-corrected chi connectivity index (χ2v) is 13.1. The highest BCUT2D eigenvalue weighted by Gasteiger charge is 2.25. The fraction of sp³-hybridized carbons (Fsp3) is 0.324. The summed E-state index contributed by atoms with van der Waals surface area (Å²) in [6.45, 7) is 6.10. The Kier molecular flexibility index (Phi) is 10.6. The molecule has 0 radical (unpaired) electrons. The molecule has 254 valence electrons. The molecular weight excluding hydrogens is 644 g/mol. The first-order valence-corrected chi connectivity index (χ1v) is 16.8. The molecule has 2 amide bonds. The predicted octanol–water partition coefficient (Wildman–Crippen LogP) is 5.47. The summed E-state index contributed by atoms with van der Waals surface area (Å²) in [5, 5.41) is 25.2. The van der Waals surface area contributed by atoms with Crippen molar-refractivity contribution >= 4 is 40.8 Å². The zero-order chi connectivity index (χ0) is 34.5. The van der Waals surface area contributed by atoms with Gasteiger partial charge in [-0.25, -0.2) is 0 Å². The summed E-state index contributed by atoms with van der Waals surface area (Å²) >= 11 is 6.85. The molecule has 2 aliphatic heterocycles. The molecule has 2 aliphatic rings.